The van der Waals surface area contributed by atoms with Gasteiger partial charge >= 0.3 is 0 Å². The average Bonchev–Trinajstić information content (AvgIpc) is 3.03. The Morgan fingerprint density at radius 1 is 1.50 bits per heavy atom. The quantitative estimate of drug-likeness (QED) is 0.822. The standard InChI is InChI=1S/C13H17N3/c1-2-11(9-6-7-9)15-12-4-3-5-13-10(12)8-14-16-13/h3-5,8-9,11,15H,2,6-7H2,1H3,(H,14,16). The van der Waals surface area contributed by atoms with E-state index in [4.69, 9.17) is 0 Å². The van der Waals surface area contributed by atoms with E-state index in [0.717, 1.165) is 11.4 Å². The molecule has 0 amide bonds. The number of fused-ring (bicyclic) bond motifs is 1. The largest absolute Gasteiger partial charge is 0.381 e. The van der Waals surface area contributed by atoms with Crippen LogP contribution in [0.5, 0.6) is 0 Å². The molecule has 0 spiro atoms. The van der Waals surface area contributed by atoms with E-state index in [2.05, 4.69) is 40.6 Å². The molecule has 0 aliphatic heterocycles. The van der Waals surface area contributed by atoms with Crippen LogP contribution in [0.4, 0.5) is 5.69 Å². The Morgan fingerprint density at radius 3 is 3.12 bits per heavy atom. The van der Waals surface area contributed by atoms with E-state index in [1.807, 2.05) is 6.20 Å². The molecule has 1 unspecified atom stereocenters. The molecule has 2 aromatic rings. The summed E-state index contributed by atoms with van der Waals surface area (Å²) >= 11 is 0. The lowest BCUT2D eigenvalue weighted by atomic mass is 10.1. The normalized spacial score (nSPS) is 17.6. The van der Waals surface area contributed by atoms with Crippen molar-refractivity contribution in [3.8, 4) is 0 Å². The molecule has 3 heteroatoms. The van der Waals surface area contributed by atoms with E-state index in [1.54, 1.807) is 0 Å². The van der Waals surface area contributed by atoms with Crippen LogP contribution in [0.15, 0.2) is 24.4 Å². The summed E-state index contributed by atoms with van der Waals surface area (Å²) in [6, 6.07) is 6.90. The molecule has 0 saturated heterocycles. The first kappa shape index (κ1) is 9.70. The number of hydrogen-bond acceptors (Lipinski definition) is 2. The summed E-state index contributed by atoms with van der Waals surface area (Å²) in [5.74, 6) is 0.882. The van der Waals surface area contributed by atoms with Crippen LogP contribution in [0.2, 0.25) is 0 Å². The van der Waals surface area contributed by atoms with Crippen molar-refractivity contribution in [2.75, 3.05) is 5.32 Å². The van der Waals surface area contributed by atoms with Gasteiger partial charge in [0.15, 0.2) is 0 Å². The molecule has 1 atom stereocenters. The number of hydrogen-bond donors (Lipinski definition) is 2. The summed E-state index contributed by atoms with van der Waals surface area (Å²) < 4.78 is 0. The minimum atomic E-state index is 0.625. The second-order valence-corrected chi connectivity index (χ2v) is 4.63. The van der Waals surface area contributed by atoms with Gasteiger partial charge in [0.1, 0.15) is 0 Å². The van der Waals surface area contributed by atoms with E-state index < -0.39 is 0 Å². The fourth-order valence-electron chi connectivity index (χ4n) is 2.35. The zero-order valence-corrected chi connectivity index (χ0v) is 9.53. The topological polar surface area (TPSA) is 40.7 Å². The number of nitrogens with zero attached hydrogens (tertiary/aromatic N) is 1. The summed E-state index contributed by atoms with van der Waals surface area (Å²) in [6.45, 7) is 2.26. The smallest absolute Gasteiger partial charge is 0.0671 e. The van der Waals surface area contributed by atoms with Crippen molar-refractivity contribution in [1.29, 1.82) is 0 Å². The third-order valence-electron chi connectivity index (χ3n) is 3.46. The Bertz CT molecular complexity index is 485. The van der Waals surface area contributed by atoms with Gasteiger partial charge in [0.25, 0.3) is 0 Å². The van der Waals surface area contributed by atoms with Gasteiger partial charge in [-0.15, -0.1) is 0 Å². The molecule has 1 saturated carbocycles. The second kappa shape index (κ2) is 3.81. The third kappa shape index (κ3) is 1.66. The lowest BCUT2D eigenvalue weighted by Crippen LogP contribution is -2.20. The molecule has 16 heavy (non-hydrogen) atoms. The molecule has 84 valence electrons. The minimum Gasteiger partial charge on any atom is -0.381 e. The van der Waals surface area contributed by atoms with Crippen molar-refractivity contribution in [2.45, 2.75) is 32.2 Å². The Hall–Kier alpha value is -1.51. The minimum absolute atomic E-state index is 0.625. The third-order valence-corrected chi connectivity index (χ3v) is 3.46. The van der Waals surface area contributed by atoms with Crippen molar-refractivity contribution < 1.29 is 0 Å². The fraction of sp³-hybridized carbons (Fsp3) is 0.462. The Balaban J connectivity index is 1.89. The molecule has 0 radical (unpaired) electrons. The van der Waals surface area contributed by atoms with Crippen LogP contribution in [-0.4, -0.2) is 16.2 Å². The zero-order valence-electron chi connectivity index (χ0n) is 9.53. The van der Waals surface area contributed by atoms with Crippen LogP contribution in [0.25, 0.3) is 10.9 Å². The van der Waals surface area contributed by atoms with Crippen molar-refractivity contribution in [3.05, 3.63) is 24.4 Å². The number of nitrogens with one attached hydrogen (secondary N) is 2. The van der Waals surface area contributed by atoms with Gasteiger partial charge in [0.05, 0.1) is 11.7 Å². The Labute approximate surface area is 95.2 Å². The maximum absolute atomic E-state index is 4.09. The highest BCUT2D eigenvalue weighted by Gasteiger charge is 2.29. The van der Waals surface area contributed by atoms with Gasteiger partial charge in [0.2, 0.25) is 0 Å². The number of rotatable bonds is 4. The van der Waals surface area contributed by atoms with Gasteiger partial charge in [-0.1, -0.05) is 13.0 Å². The first-order valence-electron chi connectivity index (χ1n) is 6.07. The van der Waals surface area contributed by atoms with Crippen LogP contribution in [0.3, 0.4) is 0 Å². The van der Waals surface area contributed by atoms with Crippen LogP contribution in [0, 0.1) is 5.92 Å². The molecule has 1 aliphatic rings. The van der Waals surface area contributed by atoms with Gasteiger partial charge in [-0.25, -0.2) is 0 Å². The fourth-order valence-corrected chi connectivity index (χ4v) is 2.35. The number of aromatic amines is 1. The molecule has 1 heterocycles. The summed E-state index contributed by atoms with van der Waals surface area (Å²) in [5.41, 5.74) is 2.32. The molecule has 1 aromatic carbocycles. The lowest BCUT2D eigenvalue weighted by Gasteiger charge is -2.18. The van der Waals surface area contributed by atoms with Gasteiger partial charge in [-0.05, 0) is 37.3 Å². The SMILES string of the molecule is CCC(Nc1cccc2[nH]ncc12)C1CC1. The highest BCUT2D eigenvalue weighted by atomic mass is 15.1. The summed E-state index contributed by atoms with van der Waals surface area (Å²) in [4.78, 5) is 0. The van der Waals surface area contributed by atoms with Crippen LogP contribution in [0.1, 0.15) is 26.2 Å². The van der Waals surface area contributed by atoms with Crippen molar-refractivity contribution in [3.63, 3.8) is 0 Å². The number of H-pyrrole nitrogens is 1. The molecule has 1 fully saturated rings. The molecular formula is C13H17N3. The highest BCUT2D eigenvalue weighted by Crippen LogP contribution is 2.36. The maximum atomic E-state index is 4.09. The van der Waals surface area contributed by atoms with Gasteiger partial charge in [0, 0.05) is 17.1 Å². The predicted octanol–water partition coefficient (Wildman–Crippen LogP) is 3.16. The van der Waals surface area contributed by atoms with Crippen LogP contribution < -0.4 is 5.32 Å². The molecular weight excluding hydrogens is 198 g/mol. The Kier molecular flexibility index (Phi) is 2.31. The molecule has 3 rings (SSSR count). The molecule has 1 aliphatic carbocycles. The van der Waals surface area contributed by atoms with Crippen molar-refractivity contribution >= 4 is 16.6 Å². The number of anilines is 1. The lowest BCUT2D eigenvalue weighted by molar-refractivity contribution is 0.617. The zero-order chi connectivity index (χ0) is 11.0. The Morgan fingerprint density at radius 2 is 2.38 bits per heavy atom. The molecule has 2 N–H and O–H groups in total. The van der Waals surface area contributed by atoms with Gasteiger partial charge in [-0.2, -0.15) is 5.10 Å². The van der Waals surface area contributed by atoms with Gasteiger partial charge < -0.3 is 5.32 Å². The summed E-state index contributed by atoms with van der Waals surface area (Å²) in [6.07, 6.45) is 5.86. The van der Waals surface area contributed by atoms with E-state index in [0.29, 0.717) is 6.04 Å². The molecule has 1 aromatic heterocycles. The van der Waals surface area contributed by atoms with E-state index in [1.165, 1.54) is 30.3 Å². The summed E-state index contributed by atoms with van der Waals surface area (Å²) in [5, 5.41) is 12.0. The summed E-state index contributed by atoms with van der Waals surface area (Å²) in [7, 11) is 0. The second-order valence-electron chi connectivity index (χ2n) is 4.63. The van der Waals surface area contributed by atoms with Gasteiger partial charge in [-0.3, -0.25) is 5.10 Å². The highest BCUT2D eigenvalue weighted by molar-refractivity contribution is 5.90. The van der Waals surface area contributed by atoms with Crippen molar-refractivity contribution in [2.24, 2.45) is 5.92 Å². The average molecular weight is 215 g/mol. The first-order valence-corrected chi connectivity index (χ1v) is 6.07. The number of aromatic nitrogens is 2. The predicted molar refractivity (Wildman–Crippen MR) is 66.5 cm³/mol. The maximum Gasteiger partial charge on any atom is 0.0671 e. The molecule has 3 nitrogen and oxygen atoms in total. The van der Waals surface area contributed by atoms with Crippen molar-refractivity contribution in [1.82, 2.24) is 10.2 Å². The molecule has 0 bridgehead atoms. The number of benzene rings is 1. The van der Waals surface area contributed by atoms with Crippen LogP contribution in [-0.2, 0) is 0 Å². The van der Waals surface area contributed by atoms with E-state index in [-0.39, 0.29) is 0 Å². The van der Waals surface area contributed by atoms with E-state index in [9.17, 15) is 0 Å². The monoisotopic (exact) mass is 215 g/mol. The van der Waals surface area contributed by atoms with Crippen LogP contribution >= 0.6 is 0 Å². The van der Waals surface area contributed by atoms with E-state index >= 15 is 0 Å². The first-order chi connectivity index (χ1) is 7.88.